The normalized spacial score (nSPS) is 21.7. The summed E-state index contributed by atoms with van der Waals surface area (Å²) in [4.78, 5) is 0. The third-order valence-electron chi connectivity index (χ3n) is 2.68. The highest BCUT2D eigenvalue weighted by atomic mass is 19.1. The Hall–Kier alpha value is -0.900. The van der Waals surface area contributed by atoms with Gasteiger partial charge in [0.15, 0.2) is 5.67 Å². The van der Waals surface area contributed by atoms with Crippen molar-refractivity contribution < 1.29 is 4.39 Å². The van der Waals surface area contributed by atoms with Gasteiger partial charge in [-0.15, -0.1) is 0 Å². The SMILES string of the molecule is Cn1nccc1C1(F)CCNCC1. The van der Waals surface area contributed by atoms with Gasteiger partial charge in [-0.2, -0.15) is 5.10 Å². The first-order valence-corrected chi connectivity index (χ1v) is 4.60. The number of halogens is 1. The van der Waals surface area contributed by atoms with E-state index in [4.69, 9.17) is 0 Å². The first-order chi connectivity index (χ1) is 6.22. The zero-order valence-electron chi connectivity index (χ0n) is 7.76. The van der Waals surface area contributed by atoms with Gasteiger partial charge in [0.2, 0.25) is 0 Å². The van der Waals surface area contributed by atoms with Crippen LogP contribution in [0.5, 0.6) is 0 Å². The number of alkyl halides is 1. The predicted molar refractivity (Wildman–Crippen MR) is 48.1 cm³/mol. The van der Waals surface area contributed by atoms with Gasteiger partial charge in [-0.05, 0) is 32.0 Å². The van der Waals surface area contributed by atoms with Gasteiger partial charge in [0.25, 0.3) is 0 Å². The molecule has 1 fully saturated rings. The highest BCUT2D eigenvalue weighted by molar-refractivity contribution is 5.13. The summed E-state index contributed by atoms with van der Waals surface area (Å²) in [5.74, 6) is 0. The van der Waals surface area contributed by atoms with Crippen molar-refractivity contribution >= 4 is 0 Å². The van der Waals surface area contributed by atoms with E-state index in [1.165, 1.54) is 0 Å². The zero-order chi connectivity index (χ0) is 9.31. The molecule has 0 radical (unpaired) electrons. The van der Waals surface area contributed by atoms with Gasteiger partial charge in [0.05, 0.1) is 5.69 Å². The van der Waals surface area contributed by atoms with Crippen LogP contribution in [0, 0.1) is 0 Å². The van der Waals surface area contributed by atoms with Crippen LogP contribution in [-0.4, -0.2) is 22.9 Å². The molecule has 0 unspecified atom stereocenters. The van der Waals surface area contributed by atoms with Gasteiger partial charge in [-0.25, -0.2) is 4.39 Å². The maximum absolute atomic E-state index is 14.3. The van der Waals surface area contributed by atoms with Crippen molar-refractivity contribution in [3.63, 3.8) is 0 Å². The Labute approximate surface area is 76.9 Å². The standard InChI is InChI=1S/C9H14FN3/c1-13-8(2-5-12-13)9(10)3-6-11-7-4-9/h2,5,11H,3-4,6-7H2,1H3. The van der Waals surface area contributed by atoms with Crippen LogP contribution in [0.2, 0.25) is 0 Å². The molecule has 2 rings (SSSR count). The van der Waals surface area contributed by atoms with E-state index >= 15 is 0 Å². The summed E-state index contributed by atoms with van der Waals surface area (Å²) in [6.07, 6.45) is 2.75. The molecule has 72 valence electrons. The molecule has 0 aliphatic carbocycles. The van der Waals surface area contributed by atoms with Gasteiger partial charge in [-0.3, -0.25) is 4.68 Å². The molecule has 0 aromatic carbocycles. The number of aryl methyl sites for hydroxylation is 1. The maximum atomic E-state index is 14.3. The summed E-state index contributed by atoms with van der Waals surface area (Å²) < 4.78 is 15.9. The van der Waals surface area contributed by atoms with Crippen LogP contribution in [0.3, 0.4) is 0 Å². The fourth-order valence-corrected chi connectivity index (χ4v) is 1.89. The maximum Gasteiger partial charge on any atom is 0.154 e. The monoisotopic (exact) mass is 183 g/mol. The molecule has 4 heteroatoms. The van der Waals surface area contributed by atoms with Crippen molar-refractivity contribution in [1.29, 1.82) is 0 Å². The Morgan fingerprint density at radius 2 is 2.23 bits per heavy atom. The molecule has 0 spiro atoms. The second-order valence-electron chi connectivity index (χ2n) is 3.56. The van der Waals surface area contributed by atoms with Crippen LogP contribution in [0.1, 0.15) is 18.5 Å². The topological polar surface area (TPSA) is 29.9 Å². The number of hydrogen-bond acceptors (Lipinski definition) is 2. The minimum atomic E-state index is -1.17. The number of rotatable bonds is 1. The lowest BCUT2D eigenvalue weighted by Crippen LogP contribution is -2.37. The summed E-state index contributed by atoms with van der Waals surface area (Å²) in [6, 6.07) is 1.77. The summed E-state index contributed by atoms with van der Waals surface area (Å²) in [5.41, 5.74) is -0.467. The number of nitrogens with one attached hydrogen (secondary N) is 1. The fraction of sp³-hybridized carbons (Fsp3) is 0.667. The smallest absolute Gasteiger partial charge is 0.154 e. The molecule has 1 aromatic heterocycles. The summed E-state index contributed by atoms with van der Waals surface area (Å²) in [5, 5.41) is 7.14. The molecule has 1 saturated heterocycles. The van der Waals surface area contributed by atoms with Crippen LogP contribution in [0.15, 0.2) is 12.3 Å². The molecule has 0 saturated carbocycles. The first kappa shape index (κ1) is 8.69. The minimum absolute atomic E-state index is 0.548. The highest BCUT2D eigenvalue weighted by Gasteiger charge is 2.35. The van der Waals surface area contributed by atoms with Gasteiger partial charge in [0, 0.05) is 13.2 Å². The lowest BCUT2D eigenvalue weighted by molar-refractivity contribution is 0.105. The molecule has 13 heavy (non-hydrogen) atoms. The lowest BCUT2D eigenvalue weighted by Gasteiger charge is -2.29. The minimum Gasteiger partial charge on any atom is -0.316 e. The Balaban J connectivity index is 2.27. The predicted octanol–water partition coefficient (Wildman–Crippen LogP) is 0.968. The Kier molecular flexibility index (Phi) is 2.07. The Bertz CT molecular complexity index is 289. The van der Waals surface area contributed by atoms with E-state index in [0.717, 1.165) is 13.1 Å². The van der Waals surface area contributed by atoms with Crippen LogP contribution >= 0.6 is 0 Å². The van der Waals surface area contributed by atoms with Gasteiger partial charge < -0.3 is 5.32 Å². The van der Waals surface area contributed by atoms with Gasteiger partial charge >= 0.3 is 0 Å². The molecule has 0 bridgehead atoms. The Morgan fingerprint density at radius 3 is 2.77 bits per heavy atom. The highest BCUT2D eigenvalue weighted by Crippen LogP contribution is 2.34. The van der Waals surface area contributed by atoms with E-state index in [1.54, 1.807) is 24.0 Å². The molecule has 0 atom stereocenters. The number of piperidine rings is 1. The number of hydrogen-bond donors (Lipinski definition) is 1. The molecular formula is C9H14FN3. The molecule has 3 nitrogen and oxygen atoms in total. The van der Waals surface area contributed by atoms with E-state index in [-0.39, 0.29) is 0 Å². The molecule has 1 aliphatic heterocycles. The average molecular weight is 183 g/mol. The molecule has 1 aliphatic rings. The first-order valence-electron chi connectivity index (χ1n) is 4.60. The second kappa shape index (κ2) is 3.10. The number of aromatic nitrogens is 2. The Morgan fingerprint density at radius 1 is 1.54 bits per heavy atom. The van der Waals surface area contributed by atoms with Crippen molar-refractivity contribution in [3.05, 3.63) is 18.0 Å². The van der Waals surface area contributed by atoms with Crippen molar-refractivity contribution in [2.75, 3.05) is 13.1 Å². The second-order valence-corrected chi connectivity index (χ2v) is 3.56. The average Bonchev–Trinajstić information content (AvgIpc) is 2.53. The number of nitrogens with zero attached hydrogens (tertiary/aromatic N) is 2. The van der Waals surface area contributed by atoms with Crippen molar-refractivity contribution in [1.82, 2.24) is 15.1 Å². The fourth-order valence-electron chi connectivity index (χ4n) is 1.89. The largest absolute Gasteiger partial charge is 0.316 e. The van der Waals surface area contributed by atoms with Gasteiger partial charge in [0.1, 0.15) is 0 Å². The summed E-state index contributed by atoms with van der Waals surface area (Å²) >= 11 is 0. The van der Waals surface area contributed by atoms with E-state index in [2.05, 4.69) is 10.4 Å². The van der Waals surface area contributed by atoms with Crippen molar-refractivity contribution in [2.45, 2.75) is 18.5 Å². The van der Waals surface area contributed by atoms with Crippen LogP contribution in [0.25, 0.3) is 0 Å². The van der Waals surface area contributed by atoms with Crippen molar-refractivity contribution in [3.8, 4) is 0 Å². The zero-order valence-corrected chi connectivity index (χ0v) is 7.76. The molecule has 0 amide bonds. The van der Waals surface area contributed by atoms with Crippen LogP contribution in [0.4, 0.5) is 4.39 Å². The van der Waals surface area contributed by atoms with E-state index in [0.29, 0.717) is 18.5 Å². The summed E-state index contributed by atoms with van der Waals surface area (Å²) in [7, 11) is 1.79. The van der Waals surface area contributed by atoms with Crippen LogP contribution < -0.4 is 5.32 Å². The quantitative estimate of drug-likeness (QED) is 0.703. The van der Waals surface area contributed by atoms with E-state index < -0.39 is 5.67 Å². The van der Waals surface area contributed by atoms with E-state index in [1.807, 2.05) is 0 Å². The third kappa shape index (κ3) is 1.46. The molecule has 2 heterocycles. The lowest BCUT2D eigenvalue weighted by atomic mass is 9.91. The summed E-state index contributed by atoms with van der Waals surface area (Å²) in [6.45, 7) is 1.50. The van der Waals surface area contributed by atoms with Crippen molar-refractivity contribution in [2.24, 2.45) is 7.05 Å². The van der Waals surface area contributed by atoms with Gasteiger partial charge in [-0.1, -0.05) is 0 Å². The molecule has 1 aromatic rings. The molecular weight excluding hydrogens is 169 g/mol. The van der Waals surface area contributed by atoms with Crippen LogP contribution in [-0.2, 0) is 12.7 Å². The van der Waals surface area contributed by atoms with E-state index in [9.17, 15) is 4.39 Å². The molecule has 1 N–H and O–H groups in total. The third-order valence-corrected chi connectivity index (χ3v) is 2.68.